The van der Waals surface area contributed by atoms with E-state index in [0.29, 0.717) is 13.1 Å². The zero-order valence-electron chi connectivity index (χ0n) is 9.36. The second-order valence-corrected chi connectivity index (χ2v) is 8.73. The van der Waals surface area contributed by atoms with Crippen molar-refractivity contribution in [2.45, 2.75) is 19.1 Å². The highest BCUT2D eigenvalue weighted by Crippen LogP contribution is 1.98. The average Bonchev–Trinajstić information content (AvgIpc) is 2.00. The Hall–Kier alpha value is -0.140. The van der Waals surface area contributed by atoms with Gasteiger partial charge in [0.05, 0.1) is 16.8 Å². The lowest BCUT2D eigenvalue weighted by molar-refractivity contribution is 0.582. The van der Waals surface area contributed by atoms with Gasteiger partial charge in [-0.05, 0) is 13.8 Å². The van der Waals surface area contributed by atoms with Crippen LogP contribution in [0, 0.1) is 0 Å². The van der Waals surface area contributed by atoms with Gasteiger partial charge in [0, 0.05) is 19.3 Å². The summed E-state index contributed by atoms with van der Waals surface area (Å²) in [5.41, 5.74) is 0. The maximum Gasteiger partial charge on any atom is 0.153 e. The van der Waals surface area contributed by atoms with Crippen molar-refractivity contribution in [1.29, 1.82) is 0 Å². The fourth-order valence-electron chi connectivity index (χ4n) is 0.833. The van der Waals surface area contributed by atoms with Crippen LogP contribution in [-0.2, 0) is 19.7 Å². The van der Waals surface area contributed by atoms with E-state index < -0.39 is 19.7 Å². The molecule has 0 aromatic heterocycles. The molecule has 0 heterocycles. The Labute approximate surface area is 92.1 Å². The topological polar surface area (TPSA) is 80.3 Å². The summed E-state index contributed by atoms with van der Waals surface area (Å²) in [6.07, 6.45) is 1.15. The molecule has 15 heavy (non-hydrogen) atoms. The van der Waals surface area contributed by atoms with Gasteiger partial charge in [-0.25, -0.2) is 16.8 Å². The van der Waals surface area contributed by atoms with Crippen LogP contribution in [0.4, 0.5) is 0 Å². The second kappa shape index (κ2) is 5.81. The molecular formula is C8H19NO4S2. The van der Waals surface area contributed by atoms with Gasteiger partial charge in [-0.2, -0.15) is 0 Å². The predicted octanol–water partition coefficient (Wildman–Crippen LogP) is -0.556. The minimum atomic E-state index is -3.03. The van der Waals surface area contributed by atoms with Gasteiger partial charge < -0.3 is 5.32 Å². The number of nitrogens with one attached hydrogen (secondary N) is 1. The van der Waals surface area contributed by atoms with Gasteiger partial charge in [-0.3, -0.25) is 0 Å². The quantitative estimate of drug-likeness (QED) is 0.619. The fourth-order valence-corrected chi connectivity index (χ4v) is 2.25. The molecule has 0 atom stereocenters. The van der Waals surface area contributed by atoms with E-state index in [2.05, 4.69) is 5.32 Å². The van der Waals surface area contributed by atoms with E-state index in [1.54, 1.807) is 13.8 Å². The maximum absolute atomic E-state index is 11.3. The largest absolute Gasteiger partial charge is 0.315 e. The summed E-state index contributed by atoms with van der Waals surface area (Å²) >= 11 is 0. The van der Waals surface area contributed by atoms with Crippen molar-refractivity contribution in [3.63, 3.8) is 0 Å². The first-order chi connectivity index (χ1) is 6.65. The summed E-state index contributed by atoms with van der Waals surface area (Å²) in [5, 5.41) is 2.41. The molecule has 0 aliphatic heterocycles. The molecule has 0 bridgehead atoms. The van der Waals surface area contributed by atoms with Crippen molar-refractivity contribution in [2.24, 2.45) is 0 Å². The molecule has 0 radical (unpaired) electrons. The van der Waals surface area contributed by atoms with Crippen molar-refractivity contribution in [3.8, 4) is 0 Å². The molecule has 0 aromatic rings. The Bertz CT molecular complexity index is 369. The van der Waals surface area contributed by atoms with E-state index in [1.165, 1.54) is 0 Å². The molecule has 0 spiro atoms. The average molecular weight is 257 g/mol. The normalized spacial score (nSPS) is 13.3. The molecule has 0 unspecified atom stereocenters. The summed E-state index contributed by atoms with van der Waals surface area (Å²) in [6.45, 7) is 3.86. The van der Waals surface area contributed by atoms with Crippen LogP contribution in [0.1, 0.15) is 13.8 Å². The van der Waals surface area contributed by atoms with Gasteiger partial charge >= 0.3 is 0 Å². The summed E-state index contributed by atoms with van der Waals surface area (Å²) < 4.78 is 44.1. The standard InChI is InChI=1S/C8H19NO4S2/c1-8(2)15(12,13)7-5-9-4-6-14(3,10)11/h8-9H,4-7H2,1-3H3. The van der Waals surface area contributed by atoms with Crippen LogP contribution in [-0.4, -0.2) is 52.9 Å². The van der Waals surface area contributed by atoms with Gasteiger partial charge in [0.1, 0.15) is 9.84 Å². The lowest BCUT2D eigenvalue weighted by Gasteiger charge is -2.08. The fraction of sp³-hybridized carbons (Fsp3) is 1.00. The van der Waals surface area contributed by atoms with Gasteiger partial charge in [0.25, 0.3) is 0 Å². The molecular weight excluding hydrogens is 238 g/mol. The number of sulfone groups is 2. The Kier molecular flexibility index (Phi) is 5.76. The Morgan fingerprint density at radius 2 is 1.47 bits per heavy atom. The number of hydrogen-bond acceptors (Lipinski definition) is 5. The van der Waals surface area contributed by atoms with E-state index >= 15 is 0 Å². The van der Waals surface area contributed by atoms with E-state index in [9.17, 15) is 16.8 Å². The third-order valence-electron chi connectivity index (χ3n) is 1.93. The molecule has 1 N–H and O–H groups in total. The molecule has 0 saturated carbocycles. The second-order valence-electron chi connectivity index (χ2n) is 3.80. The smallest absolute Gasteiger partial charge is 0.153 e. The highest BCUT2D eigenvalue weighted by Gasteiger charge is 2.14. The SMILES string of the molecule is CC(C)S(=O)(=O)CCNCCS(C)(=O)=O. The minimum Gasteiger partial charge on any atom is -0.315 e. The Morgan fingerprint density at radius 1 is 1.00 bits per heavy atom. The van der Waals surface area contributed by atoms with Crippen LogP contribution >= 0.6 is 0 Å². The first-order valence-corrected chi connectivity index (χ1v) is 8.53. The van der Waals surface area contributed by atoms with Crippen molar-refractivity contribution >= 4 is 19.7 Å². The van der Waals surface area contributed by atoms with Crippen LogP contribution in [0.5, 0.6) is 0 Å². The first kappa shape index (κ1) is 14.9. The van der Waals surface area contributed by atoms with Gasteiger partial charge in [0.2, 0.25) is 0 Å². The van der Waals surface area contributed by atoms with Crippen LogP contribution in [0.15, 0.2) is 0 Å². The van der Waals surface area contributed by atoms with Crippen molar-refractivity contribution in [2.75, 3.05) is 30.9 Å². The zero-order valence-corrected chi connectivity index (χ0v) is 11.0. The van der Waals surface area contributed by atoms with Crippen molar-refractivity contribution in [3.05, 3.63) is 0 Å². The summed E-state index contributed by atoms with van der Waals surface area (Å²) in [5.74, 6) is 0.0865. The summed E-state index contributed by atoms with van der Waals surface area (Å²) in [7, 11) is -5.99. The summed E-state index contributed by atoms with van der Waals surface area (Å²) in [4.78, 5) is 0. The van der Waals surface area contributed by atoms with E-state index in [4.69, 9.17) is 0 Å². The predicted molar refractivity (Wildman–Crippen MR) is 61.5 cm³/mol. The third kappa shape index (κ3) is 7.75. The highest BCUT2D eigenvalue weighted by molar-refractivity contribution is 7.92. The van der Waals surface area contributed by atoms with E-state index in [-0.39, 0.29) is 16.8 Å². The molecule has 0 saturated heterocycles. The molecule has 5 nitrogen and oxygen atoms in total. The molecule has 0 aliphatic rings. The van der Waals surface area contributed by atoms with Crippen molar-refractivity contribution in [1.82, 2.24) is 5.32 Å². The van der Waals surface area contributed by atoms with E-state index in [1.807, 2.05) is 0 Å². The lowest BCUT2D eigenvalue weighted by atomic mass is 10.6. The van der Waals surface area contributed by atoms with Gasteiger partial charge in [-0.1, -0.05) is 0 Å². The van der Waals surface area contributed by atoms with Crippen LogP contribution in [0.25, 0.3) is 0 Å². The monoisotopic (exact) mass is 257 g/mol. The minimum absolute atomic E-state index is 0.0364. The maximum atomic E-state index is 11.3. The van der Waals surface area contributed by atoms with Gasteiger partial charge in [0.15, 0.2) is 9.84 Å². The number of rotatable bonds is 7. The first-order valence-electron chi connectivity index (χ1n) is 4.75. The van der Waals surface area contributed by atoms with Gasteiger partial charge in [-0.15, -0.1) is 0 Å². The Morgan fingerprint density at radius 3 is 1.87 bits per heavy atom. The molecule has 0 fully saturated rings. The number of hydrogen-bond donors (Lipinski definition) is 1. The molecule has 0 rings (SSSR count). The molecule has 0 amide bonds. The lowest BCUT2D eigenvalue weighted by Crippen LogP contribution is -2.30. The zero-order chi connectivity index (χ0) is 12.1. The molecule has 92 valence electrons. The Balaban J connectivity index is 3.74. The molecule has 7 heteroatoms. The van der Waals surface area contributed by atoms with Crippen LogP contribution in [0.2, 0.25) is 0 Å². The highest BCUT2D eigenvalue weighted by atomic mass is 32.2. The van der Waals surface area contributed by atoms with Crippen LogP contribution < -0.4 is 5.32 Å². The summed E-state index contributed by atoms with van der Waals surface area (Å²) in [6, 6.07) is 0. The molecule has 0 aliphatic carbocycles. The van der Waals surface area contributed by atoms with E-state index in [0.717, 1.165) is 6.26 Å². The third-order valence-corrected chi connectivity index (χ3v) is 5.09. The van der Waals surface area contributed by atoms with Crippen molar-refractivity contribution < 1.29 is 16.8 Å². The van der Waals surface area contributed by atoms with Crippen LogP contribution in [0.3, 0.4) is 0 Å². The molecule has 0 aromatic carbocycles.